The lowest BCUT2D eigenvalue weighted by Crippen LogP contribution is -2.09. The summed E-state index contributed by atoms with van der Waals surface area (Å²) in [7, 11) is 0. The van der Waals surface area contributed by atoms with Crippen LogP contribution in [-0.4, -0.2) is 9.91 Å². The normalized spacial score (nSPS) is 9.76. The van der Waals surface area contributed by atoms with Crippen LogP contribution in [0.1, 0.15) is 11.1 Å². The molecule has 8 nitrogen and oxygen atoms in total. The molecular weight excluding hydrogens is 274 g/mol. The molecule has 8 heteroatoms. The molecule has 0 saturated carbocycles. The molecule has 0 fully saturated rings. The van der Waals surface area contributed by atoms with Crippen LogP contribution in [-0.2, 0) is 0 Å². The number of nitrogens with two attached hydrogens (primary N) is 1. The Morgan fingerprint density at radius 3 is 2.81 bits per heavy atom. The van der Waals surface area contributed by atoms with Gasteiger partial charge in [0.2, 0.25) is 5.88 Å². The van der Waals surface area contributed by atoms with Crippen LogP contribution < -0.4 is 16.0 Å². The molecule has 1 aromatic heterocycles. The van der Waals surface area contributed by atoms with Gasteiger partial charge in [0.1, 0.15) is 5.75 Å². The predicted octanol–water partition coefficient (Wildman–Crippen LogP) is 2.25. The minimum absolute atomic E-state index is 0.00957. The minimum Gasteiger partial charge on any atom is -0.438 e. The van der Waals surface area contributed by atoms with Crippen LogP contribution in [0.25, 0.3) is 0 Å². The van der Waals surface area contributed by atoms with Gasteiger partial charge in [-0.1, -0.05) is 6.07 Å². The maximum atomic E-state index is 10.9. The summed E-state index contributed by atoms with van der Waals surface area (Å²) in [4.78, 5) is 14.3. The van der Waals surface area contributed by atoms with E-state index in [2.05, 4.69) is 10.4 Å². The molecule has 2 aromatic rings. The third kappa shape index (κ3) is 3.23. The second kappa shape index (κ2) is 5.85. The average molecular weight is 285 g/mol. The summed E-state index contributed by atoms with van der Waals surface area (Å²) < 4.78 is 5.52. The largest absolute Gasteiger partial charge is 0.438 e. The van der Waals surface area contributed by atoms with Crippen molar-refractivity contribution in [3.63, 3.8) is 0 Å². The summed E-state index contributed by atoms with van der Waals surface area (Å²) >= 11 is 0. The van der Waals surface area contributed by atoms with E-state index in [-0.39, 0.29) is 17.4 Å². The van der Waals surface area contributed by atoms with Gasteiger partial charge in [0.25, 0.3) is 5.69 Å². The number of nitriles is 1. The predicted molar refractivity (Wildman–Crippen MR) is 74.7 cm³/mol. The number of ether oxygens (including phenoxy) is 1. The smallest absolute Gasteiger partial charge is 0.278 e. The average Bonchev–Trinajstić information content (AvgIpc) is 2.49. The van der Waals surface area contributed by atoms with E-state index in [1.54, 1.807) is 19.1 Å². The van der Waals surface area contributed by atoms with E-state index in [1.807, 2.05) is 6.07 Å². The highest BCUT2D eigenvalue weighted by Gasteiger charge is 2.13. The lowest BCUT2D eigenvalue weighted by atomic mass is 10.1. The lowest BCUT2D eigenvalue weighted by molar-refractivity contribution is -0.384. The molecule has 2 rings (SSSR count). The van der Waals surface area contributed by atoms with Crippen LogP contribution in [0.2, 0.25) is 0 Å². The fraction of sp³-hybridized carbons (Fsp3) is 0.0769. The van der Waals surface area contributed by atoms with Gasteiger partial charge in [-0.2, -0.15) is 10.2 Å². The summed E-state index contributed by atoms with van der Waals surface area (Å²) in [5.74, 6) is 5.73. The Morgan fingerprint density at radius 2 is 2.19 bits per heavy atom. The molecule has 0 spiro atoms. The van der Waals surface area contributed by atoms with Gasteiger partial charge in [0, 0.05) is 0 Å². The van der Waals surface area contributed by atoms with Crippen molar-refractivity contribution in [2.75, 3.05) is 5.43 Å². The lowest BCUT2D eigenvalue weighted by Gasteiger charge is -2.09. The fourth-order valence-electron chi connectivity index (χ4n) is 1.62. The molecular formula is C13H11N5O3. The first-order valence-corrected chi connectivity index (χ1v) is 5.85. The van der Waals surface area contributed by atoms with Crippen molar-refractivity contribution in [3.8, 4) is 17.7 Å². The minimum atomic E-state index is -0.575. The molecule has 0 aliphatic carbocycles. The third-order valence-electron chi connectivity index (χ3n) is 2.68. The SMILES string of the molecule is Cc1ccc(C#N)cc1Oc1cc([N+](=O)[O-])cc(NN)n1. The zero-order chi connectivity index (χ0) is 15.4. The second-order valence-electron chi connectivity index (χ2n) is 4.14. The van der Waals surface area contributed by atoms with Gasteiger partial charge in [-0.05, 0) is 24.6 Å². The van der Waals surface area contributed by atoms with E-state index in [0.717, 1.165) is 5.56 Å². The van der Waals surface area contributed by atoms with Crippen molar-refractivity contribution < 1.29 is 9.66 Å². The molecule has 0 amide bonds. The molecule has 1 aromatic carbocycles. The number of nitrogens with zero attached hydrogens (tertiary/aromatic N) is 3. The topological polar surface area (TPSA) is 127 Å². The summed E-state index contributed by atoms with van der Waals surface area (Å²) in [6, 6.07) is 9.25. The number of pyridine rings is 1. The monoisotopic (exact) mass is 285 g/mol. The molecule has 0 aliphatic rings. The Morgan fingerprint density at radius 1 is 1.43 bits per heavy atom. The number of hydrogen-bond donors (Lipinski definition) is 2. The number of aromatic nitrogens is 1. The molecule has 106 valence electrons. The maximum absolute atomic E-state index is 10.9. The van der Waals surface area contributed by atoms with E-state index in [4.69, 9.17) is 15.8 Å². The van der Waals surface area contributed by atoms with Crippen molar-refractivity contribution >= 4 is 11.5 Å². The third-order valence-corrected chi connectivity index (χ3v) is 2.68. The van der Waals surface area contributed by atoms with Crippen LogP contribution in [0.15, 0.2) is 30.3 Å². The molecule has 1 heterocycles. The van der Waals surface area contributed by atoms with Crippen LogP contribution in [0.5, 0.6) is 11.6 Å². The van der Waals surface area contributed by atoms with Crippen molar-refractivity contribution in [2.24, 2.45) is 5.84 Å². The highest BCUT2D eigenvalue weighted by Crippen LogP contribution is 2.28. The van der Waals surface area contributed by atoms with Gasteiger partial charge in [-0.3, -0.25) is 10.1 Å². The highest BCUT2D eigenvalue weighted by molar-refractivity contribution is 5.49. The van der Waals surface area contributed by atoms with E-state index >= 15 is 0 Å². The molecule has 0 bridgehead atoms. The number of benzene rings is 1. The van der Waals surface area contributed by atoms with E-state index in [0.29, 0.717) is 11.3 Å². The highest BCUT2D eigenvalue weighted by atomic mass is 16.6. The molecule has 0 radical (unpaired) electrons. The van der Waals surface area contributed by atoms with E-state index in [9.17, 15) is 10.1 Å². The Balaban J connectivity index is 2.41. The number of aryl methyl sites for hydroxylation is 1. The molecule has 0 aliphatic heterocycles. The fourth-order valence-corrected chi connectivity index (χ4v) is 1.62. The molecule has 0 unspecified atom stereocenters. The van der Waals surface area contributed by atoms with Gasteiger partial charge in [-0.15, -0.1) is 0 Å². The van der Waals surface area contributed by atoms with Crippen LogP contribution >= 0.6 is 0 Å². The number of nitro groups is 1. The standard InChI is InChI=1S/C13H11N5O3/c1-8-2-3-9(7-14)4-11(8)21-13-6-10(18(19)20)5-12(16-13)17-15/h2-6H,15H2,1H3,(H,16,17). The van der Waals surface area contributed by atoms with Gasteiger partial charge in [0.15, 0.2) is 5.82 Å². The first kappa shape index (κ1) is 14.2. The number of anilines is 1. The summed E-state index contributed by atoms with van der Waals surface area (Å²) in [6.45, 7) is 1.79. The zero-order valence-electron chi connectivity index (χ0n) is 11.0. The summed E-state index contributed by atoms with van der Waals surface area (Å²) in [5, 5.41) is 19.7. The van der Waals surface area contributed by atoms with Gasteiger partial charge >= 0.3 is 0 Å². The summed E-state index contributed by atoms with van der Waals surface area (Å²) in [6.07, 6.45) is 0. The Hall–Kier alpha value is -3.18. The van der Waals surface area contributed by atoms with E-state index in [1.165, 1.54) is 18.2 Å². The van der Waals surface area contributed by atoms with Crippen LogP contribution in [0.4, 0.5) is 11.5 Å². The van der Waals surface area contributed by atoms with Gasteiger partial charge < -0.3 is 10.2 Å². The van der Waals surface area contributed by atoms with Gasteiger partial charge in [0.05, 0.1) is 28.7 Å². The number of nitrogens with one attached hydrogen (secondary N) is 1. The van der Waals surface area contributed by atoms with Crippen LogP contribution in [0.3, 0.4) is 0 Å². The van der Waals surface area contributed by atoms with Crippen LogP contribution in [0, 0.1) is 28.4 Å². The maximum Gasteiger partial charge on any atom is 0.278 e. The van der Waals surface area contributed by atoms with Gasteiger partial charge in [-0.25, -0.2) is 5.84 Å². The summed E-state index contributed by atoms with van der Waals surface area (Å²) in [5.41, 5.74) is 3.21. The zero-order valence-corrected chi connectivity index (χ0v) is 11.0. The molecule has 0 saturated heterocycles. The molecule has 0 atom stereocenters. The second-order valence-corrected chi connectivity index (χ2v) is 4.14. The Kier molecular flexibility index (Phi) is 3.97. The van der Waals surface area contributed by atoms with Crippen molar-refractivity contribution in [1.29, 1.82) is 5.26 Å². The number of hydrazine groups is 1. The Labute approximate surface area is 119 Å². The first-order chi connectivity index (χ1) is 10.0. The van der Waals surface area contributed by atoms with Crippen molar-refractivity contribution in [2.45, 2.75) is 6.92 Å². The molecule has 3 N–H and O–H groups in total. The van der Waals surface area contributed by atoms with Crippen molar-refractivity contribution in [1.82, 2.24) is 4.98 Å². The number of rotatable bonds is 4. The Bertz CT molecular complexity index is 739. The molecule has 21 heavy (non-hydrogen) atoms. The number of nitrogen functional groups attached to an aromatic ring is 1. The van der Waals surface area contributed by atoms with E-state index < -0.39 is 4.92 Å². The van der Waals surface area contributed by atoms with Crippen molar-refractivity contribution in [3.05, 3.63) is 51.6 Å². The quantitative estimate of drug-likeness (QED) is 0.501. The first-order valence-electron chi connectivity index (χ1n) is 5.85. The number of hydrogen-bond acceptors (Lipinski definition) is 7.